The Kier molecular flexibility index (Phi) is 5.21. The van der Waals surface area contributed by atoms with Crippen LogP contribution in [0.25, 0.3) is 0 Å². The number of pyridine rings is 1. The summed E-state index contributed by atoms with van der Waals surface area (Å²) in [4.78, 5) is 29.5. The second-order valence-electron chi connectivity index (χ2n) is 6.25. The first-order chi connectivity index (χ1) is 12.4. The molecule has 1 amide bonds. The minimum absolute atomic E-state index is 0.0365. The molecule has 2 aromatic rings. The Hall–Kier alpha value is -2.49. The van der Waals surface area contributed by atoms with E-state index in [9.17, 15) is 14.9 Å². The van der Waals surface area contributed by atoms with Crippen molar-refractivity contribution >= 4 is 39.2 Å². The SMILES string of the molecule is Cc1nn(C)c(N2CCC(C(=O)Nc3ccc(Br)cn3)CC2)c1[N+](=O)[O-]. The topological polar surface area (TPSA) is 106 Å². The second kappa shape index (κ2) is 7.40. The zero-order chi connectivity index (χ0) is 18.8. The molecule has 0 aliphatic carbocycles. The number of amides is 1. The minimum atomic E-state index is -0.393. The fourth-order valence-corrected chi connectivity index (χ4v) is 3.47. The van der Waals surface area contributed by atoms with Gasteiger partial charge in [-0.25, -0.2) is 9.67 Å². The summed E-state index contributed by atoms with van der Waals surface area (Å²) < 4.78 is 2.39. The van der Waals surface area contributed by atoms with E-state index < -0.39 is 4.92 Å². The molecule has 3 rings (SSSR count). The first kappa shape index (κ1) is 18.3. The van der Waals surface area contributed by atoms with E-state index in [2.05, 4.69) is 31.3 Å². The highest BCUT2D eigenvalue weighted by Crippen LogP contribution is 2.33. The van der Waals surface area contributed by atoms with E-state index in [-0.39, 0.29) is 17.5 Å². The normalized spacial score (nSPS) is 15.1. The molecular formula is C16H19BrN6O3. The van der Waals surface area contributed by atoms with E-state index in [1.807, 2.05) is 11.0 Å². The molecule has 1 saturated heterocycles. The van der Waals surface area contributed by atoms with Gasteiger partial charge in [-0.15, -0.1) is 0 Å². The highest BCUT2D eigenvalue weighted by Gasteiger charge is 2.32. The number of carbonyl (C=O) groups excluding carboxylic acids is 1. The molecule has 3 heterocycles. The van der Waals surface area contributed by atoms with Gasteiger partial charge in [-0.2, -0.15) is 5.10 Å². The Bertz CT molecular complexity index is 827. The van der Waals surface area contributed by atoms with Gasteiger partial charge >= 0.3 is 5.69 Å². The van der Waals surface area contributed by atoms with Crippen LogP contribution in [0.15, 0.2) is 22.8 Å². The van der Waals surface area contributed by atoms with Gasteiger partial charge in [-0.05, 0) is 47.8 Å². The summed E-state index contributed by atoms with van der Waals surface area (Å²) in [6.07, 6.45) is 2.86. The van der Waals surface area contributed by atoms with Crippen LogP contribution in [0.3, 0.4) is 0 Å². The van der Waals surface area contributed by atoms with E-state index in [4.69, 9.17) is 0 Å². The van der Waals surface area contributed by atoms with Crippen LogP contribution in [0.2, 0.25) is 0 Å². The standard InChI is InChI=1S/C16H19BrN6O3/c1-10-14(23(25)26)16(21(2)20-10)22-7-5-11(6-8-22)15(24)19-13-4-3-12(17)9-18-13/h3-4,9,11H,5-8H2,1-2H3,(H,18,19,24). The number of aryl methyl sites for hydroxylation is 2. The van der Waals surface area contributed by atoms with Gasteiger partial charge < -0.3 is 10.2 Å². The predicted octanol–water partition coefficient (Wildman–Crippen LogP) is 2.65. The first-order valence-corrected chi connectivity index (χ1v) is 9.01. The fraction of sp³-hybridized carbons (Fsp3) is 0.438. The van der Waals surface area contributed by atoms with E-state index in [0.717, 1.165) is 4.47 Å². The van der Waals surface area contributed by atoms with Gasteiger partial charge in [-0.3, -0.25) is 14.9 Å². The molecule has 1 fully saturated rings. The number of anilines is 2. The first-order valence-electron chi connectivity index (χ1n) is 8.22. The Morgan fingerprint density at radius 1 is 1.38 bits per heavy atom. The number of halogens is 1. The highest BCUT2D eigenvalue weighted by atomic mass is 79.9. The molecule has 0 aromatic carbocycles. The number of piperidine rings is 1. The summed E-state index contributed by atoms with van der Waals surface area (Å²) in [6.45, 7) is 2.75. The van der Waals surface area contributed by atoms with Crippen molar-refractivity contribution in [3.8, 4) is 0 Å². The van der Waals surface area contributed by atoms with Gasteiger partial charge in [-0.1, -0.05) is 0 Å². The van der Waals surface area contributed by atoms with Crippen LogP contribution in [0.5, 0.6) is 0 Å². The zero-order valence-electron chi connectivity index (χ0n) is 14.5. The Balaban J connectivity index is 1.65. The lowest BCUT2D eigenvalue weighted by Gasteiger charge is -2.32. The highest BCUT2D eigenvalue weighted by molar-refractivity contribution is 9.10. The molecule has 0 unspecified atom stereocenters. The van der Waals surface area contributed by atoms with Gasteiger partial charge in [0.25, 0.3) is 0 Å². The van der Waals surface area contributed by atoms with Crippen LogP contribution in [-0.2, 0) is 11.8 Å². The number of aromatic nitrogens is 3. The maximum Gasteiger partial charge on any atom is 0.333 e. The monoisotopic (exact) mass is 422 g/mol. The van der Waals surface area contributed by atoms with Gasteiger partial charge in [0.1, 0.15) is 11.5 Å². The number of nitrogens with one attached hydrogen (secondary N) is 1. The Morgan fingerprint density at radius 2 is 2.08 bits per heavy atom. The number of carbonyl (C=O) groups is 1. The van der Waals surface area contributed by atoms with Gasteiger partial charge in [0.2, 0.25) is 11.7 Å². The Morgan fingerprint density at radius 3 is 2.65 bits per heavy atom. The third-order valence-electron chi connectivity index (χ3n) is 4.49. The minimum Gasteiger partial charge on any atom is -0.351 e. The number of hydrogen-bond donors (Lipinski definition) is 1. The third kappa shape index (κ3) is 3.69. The lowest BCUT2D eigenvalue weighted by Crippen LogP contribution is -2.39. The lowest BCUT2D eigenvalue weighted by molar-refractivity contribution is -0.384. The maximum absolute atomic E-state index is 12.4. The van der Waals surface area contributed by atoms with Crippen molar-refractivity contribution in [2.45, 2.75) is 19.8 Å². The maximum atomic E-state index is 12.4. The molecule has 0 saturated carbocycles. The van der Waals surface area contributed by atoms with E-state index >= 15 is 0 Å². The van der Waals surface area contributed by atoms with Crippen LogP contribution in [-0.4, -0.2) is 38.7 Å². The van der Waals surface area contributed by atoms with Crippen molar-refractivity contribution in [1.82, 2.24) is 14.8 Å². The quantitative estimate of drug-likeness (QED) is 0.599. The summed E-state index contributed by atoms with van der Waals surface area (Å²) in [7, 11) is 1.70. The summed E-state index contributed by atoms with van der Waals surface area (Å²) in [5.74, 6) is 0.791. The molecule has 1 aliphatic rings. The van der Waals surface area contributed by atoms with Crippen molar-refractivity contribution in [1.29, 1.82) is 0 Å². The number of rotatable bonds is 4. The van der Waals surface area contributed by atoms with Crippen molar-refractivity contribution in [3.63, 3.8) is 0 Å². The van der Waals surface area contributed by atoms with E-state index in [0.29, 0.717) is 43.3 Å². The zero-order valence-corrected chi connectivity index (χ0v) is 16.1. The van der Waals surface area contributed by atoms with Gasteiger partial charge in [0, 0.05) is 36.7 Å². The van der Waals surface area contributed by atoms with Crippen molar-refractivity contribution in [3.05, 3.63) is 38.6 Å². The number of nitrogens with zero attached hydrogens (tertiary/aromatic N) is 5. The van der Waals surface area contributed by atoms with Gasteiger partial charge in [0.05, 0.1) is 4.92 Å². The number of hydrogen-bond acceptors (Lipinski definition) is 6. The molecular weight excluding hydrogens is 404 g/mol. The average Bonchev–Trinajstić information content (AvgIpc) is 2.91. The van der Waals surface area contributed by atoms with E-state index in [1.54, 1.807) is 30.9 Å². The molecule has 1 aliphatic heterocycles. The molecule has 9 nitrogen and oxygen atoms in total. The van der Waals surface area contributed by atoms with Crippen LogP contribution in [0.1, 0.15) is 18.5 Å². The molecule has 26 heavy (non-hydrogen) atoms. The molecule has 0 radical (unpaired) electrons. The molecule has 138 valence electrons. The molecule has 0 spiro atoms. The third-order valence-corrected chi connectivity index (χ3v) is 4.96. The Labute approximate surface area is 158 Å². The predicted molar refractivity (Wildman–Crippen MR) is 100 cm³/mol. The van der Waals surface area contributed by atoms with E-state index in [1.165, 1.54) is 0 Å². The summed E-state index contributed by atoms with van der Waals surface area (Å²) in [6, 6.07) is 3.55. The van der Waals surface area contributed by atoms with Crippen LogP contribution in [0.4, 0.5) is 17.3 Å². The second-order valence-corrected chi connectivity index (χ2v) is 7.17. The summed E-state index contributed by atoms with van der Waals surface area (Å²) in [5.41, 5.74) is 0.433. The van der Waals surface area contributed by atoms with Crippen molar-refractivity contribution in [2.24, 2.45) is 13.0 Å². The number of nitro groups is 1. The molecule has 10 heteroatoms. The molecule has 2 aromatic heterocycles. The smallest absolute Gasteiger partial charge is 0.333 e. The van der Waals surface area contributed by atoms with Gasteiger partial charge in [0.15, 0.2) is 0 Å². The molecule has 0 bridgehead atoms. The molecule has 1 N–H and O–H groups in total. The van der Waals surface area contributed by atoms with Crippen molar-refractivity contribution in [2.75, 3.05) is 23.3 Å². The lowest BCUT2D eigenvalue weighted by atomic mass is 9.96. The van der Waals surface area contributed by atoms with Crippen LogP contribution < -0.4 is 10.2 Å². The summed E-state index contributed by atoms with van der Waals surface area (Å²) in [5, 5.41) is 18.3. The molecule has 0 atom stereocenters. The van der Waals surface area contributed by atoms with Crippen LogP contribution in [0, 0.1) is 23.0 Å². The largest absolute Gasteiger partial charge is 0.351 e. The van der Waals surface area contributed by atoms with Crippen LogP contribution >= 0.6 is 15.9 Å². The average molecular weight is 423 g/mol. The fourth-order valence-electron chi connectivity index (χ4n) is 3.23. The van der Waals surface area contributed by atoms with Crippen molar-refractivity contribution < 1.29 is 9.72 Å². The summed E-state index contributed by atoms with van der Waals surface area (Å²) >= 11 is 3.30.